The highest BCUT2D eigenvalue weighted by molar-refractivity contribution is 5.97. The molecule has 0 bridgehead atoms. The van der Waals surface area contributed by atoms with Gasteiger partial charge in [-0.05, 0) is 43.4 Å². The smallest absolute Gasteiger partial charge is 0.244 e. The molecule has 25 heavy (non-hydrogen) atoms. The Bertz CT molecular complexity index is 651. The summed E-state index contributed by atoms with van der Waals surface area (Å²) in [5, 5.41) is 3.51. The number of nitrogens with zero attached hydrogens (tertiary/aromatic N) is 2. The van der Waals surface area contributed by atoms with Crippen LogP contribution in [-0.4, -0.2) is 48.4 Å². The van der Waals surface area contributed by atoms with Gasteiger partial charge in [-0.25, -0.2) is 4.39 Å². The van der Waals surface area contributed by atoms with E-state index >= 15 is 0 Å². The Hall–Kier alpha value is -1.95. The molecule has 3 rings (SSSR count). The fraction of sp³-hybridized carbons (Fsp3) is 0.579. The molecule has 1 aromatic carbocycles. The zero-order valence-corrected chi connectivity index (χ0v) is 14.9. The molecular formula is C19H26FN3O2. The van der Waals surface area contributed by atoms with Gasteiger partial charge in [0.2, 0.25) is 11.8 Å². The fourth-order valence-corrected chi connectivity index (χ4v) is 3.87. The molecule has 0 unspecified atom stereocenters. The van der Waals surface area contributed by atoms with E-state index in [1.54, 1.807) is 24.0 Å². The van der Waals surface area contributed by atoms with E-state index in [9.17, 15) is 14.0 Å². The number of carbonyl (C=O) groups excluding carboxylic acids is 2. The third-order valence-electron chi connectivity index (χ3n) is 5.32. The number of carbonyl (C=O) groups is 2. The van der Waals surface area contributed by atoms with Gasteiger partial charge in [0.15, 0.2) is 0 Å². The molecule has 2 aliphatic rings. The topological polar surface area (TPSA) is 52.7 Å². The van der Waals surface area contributed by atoms with E-state index in [1.807, 2.05) is 4.90 Å². The van der Waals surface area contributed by atoms with Crippen LogP contribution >= 0.6 is 0 Å². The number of amides is 2. The number of rotatable bonds is 3. The fourth-order valence-electron chi connectivity index (χ4n) is 3.87. The summed E-state index contributed by atoms with van der Waals surface area (Å²) in [5.74, 6) is 0.0926. The van der Waals surface area contributed by atoms with E-state index in [1.165, 1.54) is 12.1 Å². The molecule has 136 valence electrons. The Kier molecular flexibility index (Phi) is 5.37. The Morgan fingerprint density at radius 1 is 1.28 bits per heavy atom. The van der Waals surface area contributed by atoms with E-state index in [2.05, 4.69) is 12.2 Å². The van der Waals surface area contributed by atoms with Crippen LogP contribution in [0.4, 0.5) is 10.1 Å². The van der Waals surface area contributed by atoms with E-state index < -0.39 is 0 Å². The van der Waals surface area contributed by atoms with Crippen molar-refractivity contribution in [2.24, 2.45) is 5.92 Å². The number of nitrogens with one attached hydrogen (secondary N) is 1. The quantitative estimate of drug-likeness (QED) is 0.912. The predicted molar refractivity (Wildman–Crippen MR) is 94.7 cm³/mol. The maximum atomic E-state index is 13.5. The average molecular weight is 347 g/mol. The number of piperidine rings is 2. The standard InChI is InChI=1S/C19H26FN3O2/c1-13-12-22(14(2)24)10-8-17(13)21-18-7-4-9-23(19(18)25)16-6-3-5-15(20)11-16/h3,5-6,11,13,17-18,21H,4,7-10,12H2,1-2H3/t13-,17+,18+/m1/s1. The van der Waals surface area contributed by atoms with Crippen molar-refractivity contribution < 1.29 is 14.0 Å². The second kappa shape index (κ2) is 7.52. The van der Waals surface area contributed by atoms with Crippen molar-refractivity contribution in [2.45, 2.75) is 45.2 Å². The molecule has 2 fully saturated rings. The molecule has 0 saturated carbocycles. The molecule has 0 aliphatic carbocycles. The van der Waals surface area contributed by atoms with Crippen LogP contribution in [0.1, 0.15) is 33.1 Å². The number of halogens is 1. The average Bonchev–Trinajstić information content (AvgIpc) is 2.58. The second-order valence-corrected chi connectivity index (χ2v) is 7.17. The lowest BCUT2D eigenvalue weighted by Gasteiger charge is -2.40. The van der Waals surface area contributed by atoms with Crippen molar-refractivity contribution in [3.8, 4) is 0 Å². The monoisotopic (exact) mass is 347 g/mol. The lowest BCUT2D eigenvalue weighted by molar-refractivity contribution is -0.131. The maximum absolute atomic E-state index is 13.5. The van der Waals surface area contributed by atoms with Gasteiger partial charge in [-0.15, -0.1) is 0 Å². The summed E-state index contributed by atoms with van der Waals surface area (Å²) in [4.78, 5) is 27.9. The SMILES string of the molecule is CC(=O)N1CC[C@H](N[C@H]2CCCN(c3cccc(F)c3)C2=O)[C@H](C)C1. The second-order valence-electron chi connectivity index (χ2n) is 7.17. The molecule has 5 nitrogen and oxygen atoms in total. The first-order valence-corrected chi connectivity index (χ1v) is 9.04. The Morgan fingerprint density at radius 2 is 2.08 bits per heavy atom. The number of hydrogen-bond donors (Lipinski definition) is 1. The molecule has 1 aromatic rings. The largest absolute Gasteiger partial charge is 0.343 e. The summed E-state index contributed by atoms with van der Waals surface area (Å²) < 4.78 is 13.5. The third kappa shape index (κ3) is 4.00. The van der Waals surface area contributed by atoms with Gasteiger partial charge >= 0.3 is 0 Å². The van der Waals surface area contributed by atoms with E-state index in [-0.39, 0.29) is 29.7 Å². The third-order valence-corrected chi connectivity index (χ3v) is 5.32. The van der Waals surface area contributed by atoms with Crippen LogP contribution in [0.2, 0.25) is 0 Å². The van der Waals surface area contributed by atoms with Crippen molar-refractivity contribution in [1.82, 2.24) is 10.2 Å². The highest BCUT2D eigenvalue weighted by atomic mass is 19.1. The molecular weight excluding hydrogens is 321 g/mol. The van der Waals surface area contributed by atoms with E-state index in [0.29, 0.717) is 18.2 Å². The van der Waals surface area contributed by atoms with Crippen LogP contribution < -0.4 is 10.2 Å². The summed E-state index contributed by atoms with van der Waals surface area (Å²) in [6, 6.07) is 6.18. The molecule has 1 N–H and O–H groups in total. The lowest BCUT2D eigenvalue weighted by Crippen LogP contribution is -2.58. The molecule has 6 heteroatoms. The molecule has 0 aromatic heterocycles. The van der Waals surface area contributed by atoms with Gasteiger partial charge < -0.3 is 15.1 Å². The molecule has 2 aliphatic heterocycles. The van der Waals surface area contributed by atoms with Gasteiger partial charge in [0.05, 0.1) is 6.04 Å². The summed E-state index contributed by atoms with van der Waals surface area (Å²) >= 11 is 0. The minimum Gasteiger partial charge on any atom is -0.343 e. The van der Waals surface area contributed by atoms with E-state index in [0.717, 1.165) is 32.4 Å². The minimum absolute atomic E-state index is 0.0121. The van der Waals surface area contributed by atoms with Crippen LogP contribution in [0.25, 0.3) is 0 Å². The zero-order valence-electron chi connectivity index (χ0n) is 14.9. The molecule has 2 saturated heterocycles. The first-order valence-electron chi connectivity index (χ1n) is 9.04. The Morgan fingerprint density at radius 3 is 2.76 bits per heavy atom. The Balaban J connectivity index is 1.65. The molecule has 2 amide bonds. The van der Waals surface area contributed by atoms with Gasteiger partial charge in [-0.1, -0.05) is 13.0 Å². The molecule has 2 heterocycles. The first kappa shape index (κ1) is 17.9. The van der Waals surface area contributed by atoms with Crippen molar-refractivity contribution in [2.75, 3.05) is 24.5 Å². The van der Waals surface area contributed by atoms with Gasteiger partial charge in [0, 0.05) is 38.3 Å². The predicted octanol–water partition coefficient (Wildman–Crippen LogP) is 2.17. The van der Waals surface area contributed by atoms with Crippen LogP contribution in [-0.2, 0) is 9.59 Å². The van der Waals surface area contributed by atoms with Gasteiger partial charge in [0.1, 0.15) is 5.82 Å². The number of benzene rings is 1. The van der Waals surface area contributed by atoms with Crippen molar-refractivity contribution in [3.05, 3.63) is 30.1 Å². The summed E-state index contributed by atoms with van der Waals surface area (Å²) in [5.41, 5.74) is 0.621. The van der Waals surface area contributed by atoms with Crippen molar-refractivity contribution in [1.29, 1.82) is 0 Å². The zero-order chi connectivity index (χ0) is 18.0. The highest BCUT2D eigenvalue weighted by Crippen LogP contribution is 2.24. The maximum Gasteiger partial charge on any atom is 0.244 e. The van der Waals surface area contributed by atoms with Crippen LogP contribution in [0.3, 0.4) is 0 Å². The number of anilines is 1. The van der Waals surface area contributed by atoms with Crippen molar-refractivity contribution >= 4 is 17.5 Å². The normalized spacial score (nSPS) is 27.5. The molecule has 3 atom stereocenters. The van der Waals surface area contributed by atoms with Gasteiger partial charge in [-0.2, -0.15) is 0 Å². The minimum atomic E-state index is -0.328. The highest BCUT2D eigenvalue weighted by Gasteiger charge is 2.34. The summed E-state index contributed by atoms with van der Waals surface area (Å²) in [6.45, 7) is 5.79. The lowest BCUT2D eigenvalue weighted by atomic mass is 9.91. The summed E-state index contributed by atoms with van der Waals surface area (Å²) in [7, 11) is 0. The number of hydrogen-bond acceptors (Lipinski definition) is 3. The van der Waals surface area contributed by atoms with Crippen molar-refractivity contribution in [3.63, 3.8) is 0 Å². The van der Waals surface area contributed by atoms with Crippen LogP contribution in [0, 0.1) is 11.7 Å². The number of likely N-dealkylation sites (tertiary alicyclic amines) is 1. The summed E-state index contributed by atoms with van der Waals surface area (Å²) in [6.07, 6.45) is 2.54. The molecule has 0 radical (unpaired) electrons. The molecule has 0 spiro atoms. The first-order chi connectivity index (χ1) is 12.0. The van der Waals surface area contributed by atoms with Gasteiger partial charge in [-0.3, -0.25) is 9.59 Å². The van der Waals surface area contributed by atoms with E-state index in [4.69, 9.17) is 0 Å². The van der Waals surface area contributed by atoms with Crippen LogP contribution in [0.15, 0.2) is 24.3 Å². The van der Waals surface area contributed by atoms with Gasteiger partial charge in [0.25, 0.3) is 0 Å². The van der Waals surface area contributed by atoms with Crippen LogP contribution in [0.5, 0.6) is 0 Å². The Labute approximate surface area is 148 Å².